The summed E-state index contributed by atoms with van der Waals surface area (Å²) in [7, 11) is 0. The van der Waals surface area contributed by atoms with Crippen molar-refractivity contribution in [3.05, 3.63) is 58.3 Å². The van der Waals surface area contributed by atoms with E-state index in [1.54, 1.807) is 24.4 Å². The quantitative estimate of drug-likeness (QED) is 0.609. The van der Waals surface area contributed by atoms with Crippen molar-refractivity contribution in [3.8, 4) is 0 Å². The van der Waals surface area contributed by atoms with Crippen LogP contribution in [0.4, 0.5) is 17.2 Å². The number of anilines is 2. The molecule has 0 spiro atoms. The van der Waals surface area contributed by atoms with Gasteiger partial charge in [0.2, 0.25) is 5.91 Å². The maximum atomic E-state index is 12.0. The predicted octanol–water partition coefficient (Wildman–Crippen LogP) is 2.21. The van der Waals surface area contributed by atoms with Crippen molar-refractivity contribution >= 4 is 23.1 Å². The molecule has 19 heavy (non-hydrogen) atoms. The maximum Gasteiger partial charge on any atom is 0.269 e. The highest BCUT2D eigenvalue weighted by molar-refractivity contribution is 6.06. The number of aromatic nitrogens is 1. The van der Waals surface area contributed by atoms with E-state index in [4.69, 9.17) is 0 Å². The third kappa shape index (κ3) is 1.83. The highest BCUT2D eigenvalue weighted by Crippen LogP contribution is 2.33. The molecule has 0 atom stereocenters. The molecular weight excluding hydrogens is 246 g/mol. The average molecular weight is 255 g/mol. The molecule has 94 valence electrons. The molecule has 6 heteroatoms. The number of hydrogen-bond donors (Lipinski definition) is 0. The number of nitro groups is 1. The van der Waals surface area contributed by atoms with E-state index in [1.807, 2.05) is 6.07 Å². The lowest BCUT2D eigenvalue weighted by Gasteiger charge is -2.15. The van der Waals surface area contributed by atoms with Crippen LogP contribution in [0, 0.1) is 10.1 Å². The van der Waals surface area contributed by atoms with Crippen molar-refractivity contribution in [1.29, 1.82) is 0 Å². The summed E-state index contributed by atoms with van der Waals surface area (Å²) in [6.07, 6.45) is 1.93. The topological polar surface area (TPSA) is 76.3 Å². The summed E-state index contributed by atoms with van der Waals surface area (Å²) in [6, 6.07) is 9.50. The Kier molecular flexibility index (Phi) is 2.49. The highest BCUT2D eigenvalue weighted by Gasteiger charge is 2.29. The Morgan fingerprint density at radius 2 is 1.95 bits per heavy atom. The average Bonchev–Trinajstić information content (AvgIpc) is 2.74. The number of carbonyl (C=O) groups is 1. The molecule has 0 aliphatic carbocycles. The molecule has 0 unspecified atom stereocenters. The Labute approximate surface area is 108 Å². The summed E-state index contributed by atoms with van der Waals surface area (Å²) >= 11 is 0. The number of rotatable bonds is 2. The van der Waals surface area contributed by atoms with Crippen molar-refractivity contribution < 1.29 is 9.72 Å². The monoisotopic (exact) mass is 255 g/mol. The summed E-state index contributed by atoms with van der Waals surface area (Å²) < 4.78 is 0. The first-order chi connectivity index (χ1) is 9.16. The van der Waals surface area contributed by atoms with Crippen LogP contribution in [0.15, 0.2) is 42.6 Å². The second kappa shape index (κ2) is 4.16. The number of nitrogens with zero attached hydrogens (tertiary/aromatic N) is 3. The van der Waals surface area contributed by atoms with Crippen LogP contribution in [0.2, 0.25) is 0 Å². The lowest BCUT2D eigenvalue weighted by Crippen LogP contribution is -2.21. The minimum Gasteiger partial charge on any atom is -0.274 e. The molecule has 1 aromatic carbocycles. The molecule has 3 rings (SSSR count). The summed E-state index contributed by atoms with van der Waals surface area (Å²) in [6.45, 7) is 0. The van der Waals surface area contributed by atoms with Crippen molar-refractivity contribution in [3.63, 3.8) is 0 Å². The molecule has 0 radical (unpaired) electrons. The molecule has 0 saturated heterocycles. The zero-order valence-electron chi connectivity index (χ0n) is 9.81. The molecule has 1 aromatic heterocycles. The molecule has 0 fully saturated rings. The van der Waals surface area contributed by atoms with Crippen LogP contribution in [-0.2, 0) is 11.2 Å². The zero-order chi connectivity index (χ0) is 13.4. The van der Waals surface area contributed by atoms with Crippen LogP contribution in [-0.4, -0.2) is 15.8 Å². The van der Waals surface area contributed by atoms with E-state index >= 15 is 0 Å². The van der Waals surface area contributed by atoms with Gasteiger partial charge in [-0.2, -0.15) is 0 Å². The number of carbonyl (C=O) groups excluding carboxylic acids is 1. The molecule has 1 aliphatic heterocycles. The van der Waals surface area contributed by atoms with Gasteiger partial charge in [0.15, 0.2) is 0 Å². The van der Waals surface area contributed by atoms with Crippen molar-refractivity contribution in [2.75, 3.05) is 4.90 Å². The fraction of sp³-hybridized carbons (Fsp3) is 0.0769. The SMILES string of the molecule is O=C1Cc2cccnc2N1c1ccc([N+](=O)[O-])cc1. The smallest absolute Gasteiger partial charge is 0.269 e. The van der Waals surface area contributed by atoms with Gasteiger partial charge in [0.25, 0.3) is 5.69 Å². The Bertz CT molecular complexity index is 667. The first-order valence-electron chi connectivity index (χ1n) is 5.68. The highest BCUT2D eigenvalue weighted by atomic mass is 16.6. The predicted molar refractivity (Wildman–Crippen MR) is 68.2 cm³/mol. The number of non-ortho nitro benzene ring substituents is 1. The molecule has 6 nitrogen and oxygen atoms in total. The van der Waals surface area contributed by atoms with Crippen LogP contribution in [0.25, 0.3) is 0 Å². The Balaban J connectivity index is 2.02. The van der Waals surface area contributed by atoms with Crippen LogP contribution < -0.4 is 4.90 Å². The van der Waals surface area contributed by atoms with E-state index in [0.29, 0.717) is 17.9 Å². The van der Waals surface area contributed by atoms with Crippen LogP contribution in [0.1, 0.15) is 5.56 Å². The van der Waals surface area contributed by atoms with Crippen molar-refractivity contribution in [1.82, 2.24) is 4.98 Å². The van der Waals surface area contributed by atoms with Gasteiger partial charge in [0, 0.05) is 23.9 Å². The lowest BCUT2D eigenvalue weighted by atomic mass is 10.2. The normalized spacial score (nSPS) is 13.5. The molecule has 0 bridgehead atoms. The second-order valence-corrected chi connectivity index (χ2v) is 4.17. The fourth-order valence-electron chi connectivity index (χ4n) is 2.12. The third-order valence-electron chi connectivity index (χ3n) is 2.99. The Morgan fingerprint density at radius 1 is 1.21 bits per heavy atom. The number of pyridine rings is 1. The number of hydrogen-bond acceptors (Lipinski definition) is 4. The van der Waals surface area contributed by atoms with Gasteiger partial charge in [-0.15, -0.1) is 0 Å². The van der Waals surface area contributed by atoms with Crippen molar-refractivity contribution in [2.45, 2.75) is 6.42 Å². The third-order valence-corrected chi connectivity index (χ3v) is 2.99. The summed E-state index contributed by atoms with van der Waals surface area (Å²) in [5, 5.41) is 10.6. The van der Waals surface area contributed by atoms with Crippen LogP contribution in [0.3, 0.4) is 0 Å². The number of benzene rings is 1. The summed E-state index contributed by atoms with van der Waals surface area (Å²) in [5.74, 6) is 0.518. The van der Waals surface area contributed by atoms with Gasteiger partial charge in [-0.1, -0.05) is 6.07 Å². The van der Waals surface area contributed by atoms with E-state index in [0.717, 1.165) is 5.56 Å². The fourth-order valence-corrected chi connectivity index (χ4v) is 2.12. The van der Waals surface area contributed by atoms with Gasteiger partial charge in [0.1, 0.15) is 5.82 Å². The van der Waals surface area contributed by atoms with Crippen LogP contribution >= 0.6 is 0 Å². The van der Waals surface area contributed by atoms with Gasteiger partial charge < -0.3 is 0 Å². The molecule has 1 amide bonds. The minimum absolute atomic E-state index is 0.00311. The van der Waals surface area contributed by atoms with Gasteiger partial charge in [-0.25, -0.2) is 4.98 Å². The molecule has 1 aliphatic rings. The second-order valence-electron chi connectivity index (χ2n) is 4.17. The van der Waals surface area contributed by atoms with Gasteiger partial charge >= 0.3 is 0 Å². The molecule has 0 N–H and O–H groups in total. The molecule has 2 heterocycles. The zero-order valence-corrected chi connectivity index (χ0v) is 9.81. The lowest BCUT2D eigenvalue weighted by molar-refractivity contribution is -0.384. The Hall–Kier alpha value is -2.76. The minimum atomic E-state index is -0.470. The molecular formula is C13H9N3O3. The van der Waals surface area contributed by atoms with E-state index in [2.05, 4.69) is 4.98 Å². The summed E-state index contributed by atoms with van der Waals surface area (Å²) in [4.78, 5) is 27.8. The summed E-state index contributed by atoms with van der Waals surface area (Å²) in [5.41, 5.74) is 1.45. The standard InChI is InChI=1S/C13H9N3O3/c17-12-8-9-2-1-7-14-13(9)15(12)10-3-5-11(6-4-10)16(18)19/h1-7H,8H2. The van der Waals surface area contributed by atoms with E-state index < -0.39 is 4.92 Å². The first-order valence-corrected chi connectivity index (χ1v) is 5.68. The molecule has 0 saturated carbocycles. The maximum absolute atomic E-state index is 12.0. The first kappa shape index (κ1) is 11.3. The number of nitro benzene ring substituents is 1. The van der Waals surface area contributed by atoms with Crippen LogP contribution in [0.5, 0.6) is 0 Å². The van der Waals surface area contributed by atoms with Gasteiger partial charge in [-0.05, 0) is 18.2 Å². The molecule has 2 aromatic rings. The largest absolute Gasteiger partial charge is 0.274 e. The van der Waals surface area contributed by atoms with Gasteiger partial charge in [-0.3, -0.25) is 19.8 Å². The van der Waals surface area contributed by atoms with Gasteiger partial charge in [0.05, 0.1) is 17.0 Å². The number of amides is 1. The Morgan fingerprint density at radius 3 is 2.63 bits per heavy atom. The van der Waals surface area contributed by atoms with E-state index in [1.165, 1.54) is 17.0 Å². The number of fused-ring (bicyclic) bond motifs is 1. The van der Waals surface area contributed by atoms with Crippen molar-refractivity contribution in [2.24, 2.45) is 0 Å². The van der Waals surface area contributed by atoms with E-state index in [9.17, 15) is 14.9 Å². The van der Waals surface area contributed by atoms with E-state index in [-0.39, 0.29) is 11.6 Å².